The zero-order valence-corrected chi connectivity index (χ0v) is 14.1. The Bertz CT molecular complexity index is 778. The van der Waals surface area contributed by atoms with E-state index < -0.39 is 6.03 Å². The quantitative estimate of drug-likeness (QED) is 0.752. The molecule has 6 nitrogen and oxygen atoms in total. The Labute approximate surface area is 146 Å². The maximum Gasteiger partial charge on any atom is 0.325 e. The number of urea groups is 1. The number of anilines is 2. The van der Waals surface area contributed by atoms with Crippen molar-refractivity contribution in [3.05, 3.63) is 38.8 Å². The van der Waals surface area contributed by atoms with Crippen LogP contribution in [0.15, 0.2) is 18.2 Å². The van der Waals surface area contributed by atoms with E-state index in [9.17, 15) is 9.59 Å². The van der Waals surface area contributed by atoms with Crippen molar-refractivity contribution in [2.45, 2.75) is 12.8 Å². The topological polar surface area (TPSA) is 83.1 Å². The summed E-state index contributed by atoms with van der Waals surface area (Å²) in [5.74, 6) is -0.145. The Morgan fingerprint density at radius 3 is 2.87 bits per heavy atom. The lowest BCUT2D eigenvalue weighted by molar-refractivity contribution is 0.0960. The molecule has 1 aromatic heterocycles. The molecule has 0 fully saturated rings. The molecule has 23 heavy (non-hydrogen) atoms. The van der Waals surface area contributed by atoms with Crippen LogP contribution < -0.4 is 16.0 Å². The predicted molar refractivity (Wildman–Crippen MR) is 91.9 cm³/mol. The molecule has 3 N–H and O–H groups in total. The normalized spacial score (nSPS) is 13.7. The first kappa shape index (κ1) is 16.0. The van der Waals surface area contributed by atoms with Gasteiger partial charge in [-0.3, -0.25) is 10.1 Å². The molecule has 1 aromatic carbocycles. The van der Waals surface area contributed by atoms with Crippen molar-refractivity contribution in [2.24, 2.45) is 0 Å². The first-order chi connectivity index (χ1) is 11.0. The average Bonchev–Trinajstić information content (AvgIpc) is 2.82. The minimum Gasteiger partial charge on any atom is -0.351 e. The third kappa shape index (κ3) is 3.74. The highest BCUT2D eigenvalue weighted by molar-refractivity contribution is 7.17. The Kier molecular flexibility index (Phi) is 4.70. The van der Waals surface area contributed by atoms with E-state index in [1.165, 1.54) is 0 Å². The van der Waals surface area contributed by atoms with E-state index >= 15 is 0 Å². The Morgan fingerprint density at radius 1 is 1.26 bits per heavy atom. The molecule has 3 amide bonds. The van der Waals surface area contributed by atoms with Crippen molar-refractivity contribution in [3.63, 3.8) is 0 Å². The second-order valence-corrected chi connectivity index (χ2v) is 6.68. The summed E-state index contributed by atoms with van der Waals surface area (Å²) in [6.45, 7) is 0.641. The van der Waals surface area contributed by atoms with Gasteiger partial charge >= 0.3 is 6.03 Å². The molecular weight excluding hydrogens is 359 g/mol. The fourth-order valence-electron chi connectivity index (χ4n) is 2.12. The van der Waals surface area contributed by atoms with Crippen LogP contribution in [-0.2, 0) is 6.42 Å². The van der Waals surface area contributed by atoms with Gasteiger partial charge in [0.25, 0.3) is 5.91 Å². The molecule has 0 saturated carbocycles. The van der Waals surface area contributed by atoms with Crippen LogP contribution in [0.25, 0.3) is 0 Å². The van der Waals surface area contributed by atoms with E-state index in [1.54, 1.807) is 18.2 Å². The van der Waals surface area contributed by atoms with Crippen molar-refractivity contribution in [1.29, 1.82) is 0 Å². The second kappa shape index (κ2) is 6.74. The standard InChI is InChI=1S/C14H12Cl2N4O2S/c15-8-4-3-7(6-9(8)16)18-13(22)20-14-19-10-2-1-5-17-12(21)11(10)23-14/h3-4,6H,1-2,5H2,(H,17,21)(H2,18,19,20,22). The number of nitrogens with one attached hydrogen (secondary N) is 3. The lowest BCUT2D eigenvalue weighted by atomic mass is 10.2. The van der Waals surface area contributed by atoms with Crippen LogP contribution in [0, 0.1) is 0 Å². The van der Waals surface area contributed by atoms with Crippen LogP contribution in [0.5, 0.6) is 0 Å². The number of rotatable bonds is 2. The number of hydrogen-bond donors (Lipinski definition) is 3. The van der Waals surface area contributed by atoms with Gasteiger partial charge in [0.05, 0.1) is 15.7 Å². The number of aryl methyl sites for hydroxylation is 1. The van der Waals surface area contributed by atoms with Gasteiger partial charge < -0.3 is 10.6 Å². The minimum absolute atomic E-state index is 0.145. The number of fused-ring (bicyclic) bond motifs is 1. The van der Waals surface area contributed by atoms with Crippen LogP contribution >= 0.6 is 34.5 Å². The lowest BCUT2D eigenvalue weighted by Gasteiger charge is -2.06. The number of amides is 3. The largest absolute Gasteiger partial charge is 0.351 e. The predicted octanol–water partition coefficient (Wildman–Crippen LogP) is 3.77. The monoisotopic (exact) mass is 370 g/mol. The van der Waals surface area contributed by atoms with E-state index in [4.69, 9.17) is 23.2 Å². The number of halogens is 2. The summed E-state index contributed by atoms with van der Waals surface area (Å²) in [6.07, 6.45) is 1.54. The number of carbonyl (C=O) groups is 2. The number of carbonyl (C=O) groups excluding carboxylic acids is 2. The summed E-state index contributed by atoms with van der Waals surface area (Å²) < 4.78 is 0. The molecule has 0 spiro atoms. The van der Waals surface area contributed by atoms with Crippen molar-refractivity contribution in [3.8, 4) is 0 Å². The molecule has 2 heterocycles. The molecule has 0 radical (unpaired) electrons. The average molecular weight is 371 g/mol. The maximum atomic E-state index is 12.0. The van der Waals surface area contributed by atoms with Gasteiger partial charge in [-0.25, -0.2) is 9.78 Å². The van der Waals surface area contributed by atoms with Gasteiger partial charge in [0.15, 0.2) is 5.13 Å². The number of benzene rings is 1. The van der Waals surface area contributed by atoms with Crippen molar-refractivity contribution < 1.29 is 9.59 Å². The second-order valence-electron chi connectivity index (χ2n) is 4.86. The van der Waals surface area contributed by atoms with E-state index in [0.717, 1.165) is 23.5 Å². The van der Waals surface area contributed by atoms with Crippen LogP contribution in [0.2, 0.25) is 10.0 Å². The summed E-state index contributed by atoms with van der Waals surface area (Å²) in [7, 11) is 0. The first-order valence-corrected chi connectivity index (χ1v) is 8.41. The number of thiazole rings is 1. The molecule has 0 atom stereocenters. The SMILES string of the molecule is O=C(Nc1ccc(Cl)c(Cl)c1)Nc1nc2c(s1)C(=O)NCCC2. The van der Waals surface area contributed by atoms with Crippen molar-refractivity contribution >= 4 is 57.3 Å². The molecule has 0 bridgehead atoms. The Morgan fingerprint density at radius 2 is 2.09 bits per heavy atom. The number of hydrogen-bond acceptors (Lipinski definition) is 4. The van der Waals surface area contributed by atoms with Gasteiger partial charge in [-0.05, 0) is 31.0 Å². The van der Waals surface area contributed by atoms with Gasteiger partial charge in [0, 0.05) is 12.2 Å². The molecule has 9 heteroatoms. The zero-order valence-electron chi connectivity index (χ0n) is 11.8. The molecule has 120 valence electrons. The Hall–Kier alpha value is -1.83. The van der Waals surface area contributed by atoms with Crippen LogP contribution in [-0.4, -0.2) is 23.5 Å². The third-order valence-corrected chi connectivity index (χ3v) is 4.93. The number of aromatic nitrogens is 1. The van der Waals surface area contributed by atoms with Gasteiger partial charge in [0.1, 0.15) is 4.88 Å². The van der Waals surface area contributed by atoms with Gasteiger partial charge in [0.2, 0.25) is 0 Å². The highest BCUT2D eigenvalue weighted by Crippen LogP contribution is 2.27. The molecule has 0 saturated heterocycles. The summed E-state index contributed by atoms with van der Waals surface area (Å²) in [4.78, 5) is 28.7. The van der Waals surface area contributed by atoms with E-state index in [-0.39, 0.29) is 5.91 Å². The fraction of sp³-hybridized carbons (Fsp3) is 0.214. The maximum absolute atomic E-state index is 12.0. The van der Waals surface area contributed by atoms with Crippen molar-refractivity contribution in [1.82, 2.24) is 10.3 Å². The summed E-state index contributed by atoms with van der Waals surface area (Å²) in [5, 5.41) is 9.19. The summed E-state index contributed by atoms with van der Waals surface area (Å²) >= 11 is 12.9. The summed E-state index contributed by atoms with van der Waals surface area (Å²) in [5.41, 5.74) is 1.22. The molecule has 2 aromatic rings. The zero-order chi connectivity index (χ0) is 16.4. The van der Waals surface area contributed by atoms with E-state index in [2.05, 4.69) is 20.9 Å². The Balaban J connectivity index is 1.69. The fourth-order valence-corrected chi connectivity index (χ4v) is 3.34. The van der Waals surface area contributed by atoms with E-state index in [0.29, 0.717) is 38.7 Å². The van der Waals surface area contributed by atoms with Crippen LogP contribution in [0.4, 0.5) is 15.6 Å². The van der Waals surface area contributed by atoms with Gasteiger partial charge in [-0.15, -0.1) is 0 Å². The van der Waals surface area contributed by atoms with Gasteiger partial charge in [-0.1, -0.05) is 34.5 Å². The molecule has 1 aliphatic heterocycles. The third-order valence-electron chi connectivity index (χ3n) is 3.18. The summed E-state index contributed by atoms with van der Waals surface area (Å²) in [6, 6.07) is 4.31. The lowest BCUT2D eigenvalue weighted by Crippen LogP contribution is -2.21. The molecule has 0 aliphatic carbocycles. The van der Waals surface area contributed by atoms with Crippen LogP contribution in [0.3, 0.4) is 0 Å². The molecular formula is C14H12Cl2N4O2S. The first-order valence-electron chi connectivity index (χ1n) is 6.84. The highest BCUT2D eigenvalue weighted by atomic mass is 35.5. The molecule has 0 unspecified atom stereocenters. The minimum atomic E-state index is -0.465. The smallest absolute Gasteiger partial charge is 0.325 e. The van der Waals surface area contributed by atoms with E-state index in [1.807, 2.05) is 0 Å². The van der Waals surface area contributed by atoms with Crippen LogP contribution in [0.1, 0.15) is 21.8 Å². The van der Waals surface area contributed by atoms with Gasteiger partial charge in [-0.2, -0.15) is 0 Å². The molecule has 1 aliphatic rings. The van der Waals surface area contributed by atoms with Crippen molar-refractivity contribution in [2.75, 3.05) is 17.2 Å². The number of nitrogens with zero attached hydrogens (tertiary/aromatic N) is 1. The molecule has 3 rings (SSSR count). The highest BCUT2D eigenvalue weighted by Gasteiger charge is 2.21.